The SMILES string of the molecule is CC1(C)C(O)CCCN1Cc1ccc(Cl)cc1. The number of hydrogen-bond donors (Lipinski definition) is 1. The van der Waals surface area contributed by atoms with Gasteiger partial charge in [0.1, 0.15) is 0 Å². The lowest BCUT2D eigenvalue weighted by Gasteiger charge is -2.46. The number of rotatable bonds is 2. The second-order valence-corrected chi connectivity index (χ2v) is 5.80. The van der Waals surface area contributed by atoms with Gasteiger partial charge in [0.2, 0.25) is 0 Å². The Hall–Kier alpha value is -0.570. The van der Waals surface area contributed by atoms with Crippen LogP contribution in [0.25, 0.3) is 0 Å². The standard InChI is InChI=1S/C14H20ClNO/c1-14(2)13(17)4-3-9-16(14)10-11-5-7-12(15)8-6-11/h5-8,13,17H,3-4,9-10H2,1-2H3. The van der Waals surface area contributed by atoms with Gasteiger partial charge in [-0.3, -0.25) is 4.90 Å². The second-order valence-electron chi connectivity index (χ2n) is 5.36. The molecule has 1 unspecified atom stereocenters. The number of hydrogen-bond acceptors (Lipinski definition) is 2. The molecule has 1 aromatic carbocycles. The molecule has 0 aliphatic carbocycles. The molecular weight excluding hydrogens is 234 g/mol. The molecule has 3 heteroatoms. The minimum Gasteiger partial charge on any atom is -0.391 e. The van der Waals surface area contributed by atoms with Crippen LogP contribution in [0, 0.1) is 0 Å². The first-order chi connectivity index (χ1) is 8.00. The quantitative estimate of drug-likeness (QED) is 0.876. The topological polar surface area (TPSA) is 23.5 Å². The Labute approximate surface area is 108 Å². The maximum atomic E-state index is 10.1. The summed E-state index contributed by atoms with van der Waals surface area (Å²) in [6.45, 7) is 6.16. The van der Waals surface area contributed by atoms with E-state index in [0.717, 1.165) is 31.0 Å². The summed E-state index contributed by atoms with van der Waals surface area (Å²) in [5, 5.41) is 10.8. The summed E-state index contributed by atoms with van der Waals surface area (Å²) in [5.41, 5.74) is 1.11. The van der Waals surface area contributed by atoms with Crippen LogP contribution >= 0.6 is 11.6 Å². The predicted octanol–water partition coefficient (Wildman–Crippen LogP) is 3.08. The highest BCUT2D eigenvalue weighted by molar-refractivity contribution is 6.30. The van der Waals surface area contributed by atoms with E-state index in [0.29, 0.717) is 0 Å². The lowest BCUT2D eigenvalue weighted by molar-refractivity contribution is -0.0480. The summed E-state index contributed by atoms with van der Waals surface area (Å²) >= 11 is 5.88. The Morgan fingerprint density at radius 2 is 2.00 bits per heavy atom. The van der Waals surface area contributed by atoms with Gasteiger partial charge in [-0.05, 0) is 50.9 Å². The Kier molecular flexibility index (Phi) is 3.76. The molecule has 1 heterocycles. The van der Waals surface area contributed by atoms with Crippen LogP contribution in [-0.4, -0.2) is 28.2 Å². The largest absolute Gasteiger partial charge is 0.391 e. The van der Waals surface area contributed by atoms with Crippen molar-refractivity contribution in [2.75, 3.05) is 6.54 Å². The fourth-order valence-electron chi connectivity index (χ4n) is 2.42. The van der Waals surface area contributed by atoms with Gasteiger partial charge in [-0.1, -0.05) is 23.7 Å². The van der Waals surface area contributed by atoms with Crippen LogP contribution in [0.15, 0.2) is 24.3 Å². The first-order valence-corrected chi connectivity index (χ1v) is 6.55. The maximum Gasteiger partial charge on any atom is 0.0719 e. The van der Waals surface area contributed by atoms with Crippen LogP contribution in [-0.2, 0) is 6.54 Å². The number of halogens is 1. The van der Waals surface area contributed by atoms with Gasteiger partial charge in [0.25, 0.3) is 0 Å². The molecule has 1 aromatic rings. The Bertz CT molecular complexity index is 374. The lowest BCUT2D eigenvalue weighted by Crippen LogP contribution is -2.55. The molecule has 0 aromatic heterocycles. The molecule has 2 nitrogen and oxygen atoms in total. The van der Waals surface area contributed by atoms with Crippen LogP contribution in [0.3, 0.4) is 0 Å². The van der Waals surface area contributed by atoms with Crippen molar-refractivity contribution < 1.29 is 5.11 Å². The van der Waals surface area contributed by atoms with Gasteiger partial charge >= 0.3 is 0 Å². The minimum atomic E-state index is -0.233. The molecular formula is C14H20ClNO. The lowest BCUT2D eigenvalue weighted by atomic mass is 9.87. The normalized spacial score (nSPS) is 24.8. The third kappa shape index (κ3) is 2.82. The average Bonchev–Trinajstić information content (AvgIpc) is 2.28. The fourth-order valence-corrected chi connectivity index (χ4v) is 2.55. The van der Waals surface area contributed by atoms with E-state index >= 15 is 0 Å². The van der Waals surface area contributed by atoms with Crippen molar-refractivity contribution in [2.24, 2.45) is 0 Å². The molecule has 94 valence electrons. The molecule has 1 N–H and O–H groups in total. The van der Waals surface area contributed by atoms with Crippen molar-refractivity contribution in [3.63, 3.8) is 0 Å². The highest BCUT2D eigenvalue weighted by atomic mass is 35.5. The van der Waals surface area contributed by atoms with E-state index in [9.17, 15) is 5.11 Å². The van der Waals surface area contributed by atoms with E-state index in [-0.39, 0.29) is 11.6 Å². The van der Waals surface area contributed by atoms with E-state index < -0.39 is 0 Å². The van der Waals surface area contributed by atoms with Crippen LogP contribution in [0.5, 0.6) is 0 Å². The Morgan fingerprint density at radius 1 is 1.35 bits per heavy atom. The molecule has 1 fully saturated rings. The van der Waals surface area contributed by atoms with Gasteiger partial charge in [-0.15, -0.1) is 0 Å². The van der Waals surface area contributed by atoms with Crippen molar-refractivity contribution in [3.05, 3.63) is 34.9 Å². The number of nitrogens with zero attached hydrogens (tertiary/aromatic N) is 1. The summed E-state index contributed by atoms with van der Waals surface area (Å²) in [5.74, 6) is 0. The van der Waals surface area contributed by atoms with E-state index in [4.69, 9.17) is 11.6 Å². The summed E-state index contributed by atoms with van der Waals surface area (Å²) in [7, 11) is 0. The second kappa shape index (κ2) is 4.97. The third-order valence-electron chi connectivity index (χ3n) is 3.82. The smallest absolute Gasteiger partial charge is 0.0719 e. The van der Waals surface area contributed by atoms with Gasteiger partial charge in [-0.2, -0.15) is 0 Å². The van der Waals surface area contributed by atoms with E-state index in [1.165, 1.54) is 5.56 Å². The molecule has 2 rings (SSSR count). The maximum absolute atomic E-state index is 10.1. The third-order valence-corrected chi connectivity index (χ3v) is 4.07. The van der Waals surface area contributed by atoms with Crippen LogP contribution in [0.4, 0.5) is 0 Å². The number of likely N-dealkylation sites (tertiary alicyclic amines) is 1. The molecule has 1 aliphatic heterocycles. The molecule has 0 radical (unpaired) electrons. The van der Waals surface area contributed by atoms with E-state index in [1.807, 2.05) is 12.1 Å². The van der Waals surface area contributed by atoms with Crippen LogP contribution < -0.4 is 0 Å². The number of aliphatic hydroxyl groups is 1. The zero-order valence-electron chi connectivity index (χ0n) is 10.5. The number of piperidine rings is 1. The molecule has 17 heavy (non-hydrogen) atoms. The van der Waals surface area contributed by atoms with Crippen molar-refractivity contribution >= 4 is 11.6 Å². The van der Waals surface area contributed by atoms with E-state index in [1.54, 1.807) is 0 Å². The Balaban J connectivity index is 2.09. The minimum absolute atomic E-state index is 0.141. The Morgan fingerprint density at radius 3 is 2.65 bits per heavy atom. The molecule has 0 spiro atoms. The van der Waals surface area contributed by atoms with Gasteiger partial charge in [-0.25, -0.2) is 0 Å². The molecule has 0 saturated carbocycles. The highest BCUT2D eigenvalue weighted by Crippen LogP contribution is 2.29. The summed E-state index contributed by atoms with van der Waals surface area (Å²) in [6.07, 6.45) is 1.74. The summed E-state index contributed by atoms with van der Waals surface area (Å²) < 4.78 is 0. The van der Waals surface area contributed by atoms with Crippen LogP contribution in [0.2, 0.25) is 5.02 Å². The summed E-state index contributed by atoms with van der Waals surface area (Å²) in [4.78, 5) is 2.35. The molecule has 1 atom stereocenters. The van der Waals surface area contributed by atoms with Crippen molar-refractivity contribution in [1.82, 2.24) is 4.90 Å². The number of aliphatic hydroxyl groups excluding tert-OH is 1. The van der Waals surface area contributed by atoms with Gasteiger partial charge in [0, 0.05) is 17.1 Å². The van der Waals surface area contributed by atoms with Gasteiger partial charge in [0.05, 0.1) is 6.10 Å². The van der Waals surface area contributed by atoms with E-state index in [2.05, 4.69) is 30.9 Å². The first-order valence-electron chi connectivity index (χ1n) is 6.18. The fraction of sp³-hybridized carbons (Fsp3) is 0.571. The molecule has 0 amide bonds. The number of benzene rings is 1. The van der Waals surface area contributed by atoms with Gasteiger partial charge < -0.3 is 5.11 Å². The summed E-state index contributed by atoms with van der Waals surface area (Å²) in [6, 6.07) is 7.95. The zero-order valence-corrected chi connectivity index (χ0v) is 11.2. The van der Waals surface area contributed by atoms with Crippen molar-refractivity contribution in [2.45, 2.75) is 44.9 Å². The average molecular weight is 254 g/mol. The van der Waals surface area contributed by atoms with Crippen LogP contribution in [0.1, 0.15) is 32.3 Å². The predicted molar refractivity (Wildman–Crippen MR) is 71.2 cm³/mol. The highest BCUT2D eigenvalue weighted by Gasteiger charge is 2.37. The van der Waals surface area contributed by atoms with Crippen molar-refractivity contribution in [3.8, 4) is 0 Å². The monoisotopic (exact) mass is 253 g/mol. The molecule has 1 saturated heterocycles. The van der Waals surface area contributed by atoms with Gasteiger partial charge in [0.15, 0.2) is 0 Å². The van der Waals surface area contributed by atoms with Crippen molar-refractivity contribution in [1.29, 1.82) is 0 Å². The molecule has 1 aliphatic rings. The molecule has 0 bridgehead atoms. The first kappa shape index (κ1) is 12.9. The zero-order chi connectivity index (χ0) is 12.5.